The highest BCUT2D eigenvalue weighted by molar-refractivity contribution is 5.82. The fourth-order valence-corrected chi connectivity index (χ4v) is 1.88. The molecule has 1 unspecified atom stereocenters. The van der Waals surface area contributed by atoms with Crippen molar-refractivity contribution in [3.05, 3.63) is 42.1 Å². The van der Waals surface area contributed by atoms with Crippen molar-refractivity contribution in [2.75, 3.05) is 0 Å². The van der Waals surface area contributed by atoms with Gasteiger partial charge in [0.15, 0.2) is 0 Å². The van der Waals surface area contributed by atoms with Gasteiger partial charge in [0.05, 0.1) is 5.52 Å². The highest BCUT2D eigenvalue weighted by atomic mass is 16.4. The van der Waals surface area contributed by atoms with Gasteiger partial charge < -0.3 is 10.4 Å². The first-order chi connectivity index (χ1) is 9.06. The number of aromatic nitrogens is 1. The van der Waals surface area contributed by atoms with Crippen molar-refractivity contribution in [2.45, 2.75) is 19.4 Å². The first-order valence-electron chi connectivity index (χ1n) is 5.91. The number of rotatable bonds is 4. The maximum absolute atomic E-state index is 11.1. The van der Waals surface area contributed by atoms with E-state index < -0.39 is 12.0 Å². The Morgan fingerprint density at radius 1 is 1.26 bits per heavy atom. The highest BCUT2D eigenvalue weighted by Gasteiger charge is 2.19. The van der Waals surface area contributed by atoms with Gasteiger partial charge in [0.25, 0.3) is 0 Å². The van der Waals surface area contributed by atoms with Gasteiger partial charge in [-0.2, -0.15) is 0 Å². The quantitative estimate of drug-likeness (QED) is 0.868. The normalized spacial score (nSPS) is 12.1. The van der Waals surface area contributed by atoms with Crippen LogP contribution in [0.15, 0.2) is 36.4 Å². The molecule has 0 fully saturated rings. The smallest absolute Gasteiger partial charge is 0.326 e. The van der Waals surface area contributed by atoms with Crippen LogP contribution in [0.5, 0.6) is 0 Å². The predicted octanol–water partition coefficient (Wildman–Crippen LogP) is 1.37. The molecule has 0 bridgehead atoms. The number of fused-ring (bicyclic) bond motifs is 1. The van der Waals surface area contributed by atoms with E-state index in [0.29, 0.717) is 5.69 Å². The summed E-state index contributed by atoms with van der Waals surface area (Å²) in [6, 6.07) is 10.3. The van der Waals surface area contributed by atoms with Crippen LogP contribution in [0.3, 0.4) is 0 Å². The summed E-state index contributed by atoms with van der Waals surface area (Å²) in [5.74, 6) is -1.43. The minimum absolute atomic E-state index is 0.166. The number of carbonyl (C=O) groups excluding carboxylic acids is 1. The summed E-state index contributed by atoms with van der Waals surface area (Å²) in [7, 11) is 0. The second-order valence-electron chi connectivity index (χ2n) is 4.29. The Hall–Kier alpha value is -2.43. The molecule has 98 valence electrons. The minimum atomic E-state index is -1.06. The molecule has 19 heavy (non-hydrogen) atoms. The standard InChI is InChI=1S/C14H14N2O3/c1-9(17)15-13(14(18)19)8-11-7-6-10-4-2-3-5-12(10)16-11/h2-7,13H,8H2,1H3,(H,15,17)(H,18,19). The van der Waals surface area contributed by atoms with Crippen molar-refractivity contribution >= 4 is 22.8 Å². The van der Waals surface area contributed by atoms with Gasteiger partial charge in [0.2, 0.25) is 5.91 Å². The maximum Gasteiger partial charge on any atom is 0.326 e. The second-order valence-corrected chi connectivity index (χ2v) is 4.29. The number of hydrogen-bond donors (Lipinski definition) is 2. The Kier molecular flexibility index (Phi) is 3.75. The number of carboxylic acids is 1. The zero-order valence-electron chi connectivity index (χ0n) is 10.5. The molecular weight excluding hydrogens is 244 g/mol. The van der Waals surface area contributed by atoms with Crippen LogP contribution in [-0.4, -0.2) is 28.0 Å². The molecule has 1 aromatic heterocycles. The second kappa shape index (κ2) is 5.48. The number of nitrogens with zero attached hydrogens (tertiary/aromatic N) is 1. The van der Waals surface area contributed by atoms with Crippen LogP contribution in [0, 0.1) is 0 Å². The van der Waals surface area contributed by atoms with Crippen molar-refractivity contribution in [3.8, 4) is 0 Å². The monoisotopic (exact) mass is 258 g/mol. The van der Waals surface area contributed by atoms with Crippen molar-refractivity contribution < 1.29 is 14.7 Å². The molecule has 0 spiro atoms. The summed E-state index contributed by atoms with van der Waals surface area (Å²) < 4.78 is 0. The lowest BCUT2D eigenvalue weighted by atomic mass is 10.1. The molecule has 1 amide bonds. The van der Waals surface area contributed by atoms with Crippen LogP contribution in [0.25, 0.3) is 10.9 Å². The van der Waals surface area contributed by atoms with Gasteiger partial charge in [0, 0.05) is 24.4 Å². The summed E-state index contributed by atoms with van der Waals surface area (Å²) in [6.45, 7) is 1.30. The van der Waals surface area contributed by atoms with E-state index in [4.69, 9.17) is 5.11 Å². The lowest BCUT2D eigenvalue weighted by Crippen LogP contribution is -2.41. The third-order valence-corrected chi connectivity index (χ3v) is 2.74. The summed E-state index contributed by atoms with van der Waals surface area (Å²) in [5, 5.41) is 12.4. The third-order valence-electron chi connectivity index (χ3n) is 2.74. The zero-order valence-corrected chi connectivity index (χ0v) is 10.5. The van der Waals surface area contributed by atoms with E-state index >= 15 is 0 Å². The highest BCUT2D eigenvalue weighted by Crippen LogP contribution is 2.12. The molecule has 1 aromatic carbocycles. The van der Waals surface area contributed by atoms with Crippen molar-refractivity contribution in [2.24, 2.45) is 0 Å². The lowest BCUT2D eigenvalue weighted by Gasteiger charge is -2.12. The molecule has 0 aliphatic carbocycles. The van der Waals surface area contributed by atoms with Gasteiger partial charge in [-0.3, -0.25) is 9.78 Å². The molecule has 1 heterocycles. The SMILES string of the molecule is CC(=O)NC(Cc1ccc2ccccc2n1)C(=O)O. The van der Waals surface area contributed by atoms with E-state index in [-0.39, 0.29) is 12.3 Å². The number of hydrogen-bond acceptors (Lipinski definition) is 3. The Morgan fingerprint density at radius 2 is 2.00 bits per heavy atom. The van der Waals surface area contributed by atoms with Gasteiger partial charge in [-0.25, -0.2) is 4.79 Å². The minimum Gasteiger partial charge on any atom is -0.480 e. The van der Waals surface area contributed by atoms with Gasteiger partial charge in [0.1, 0.15) is 6.04 Å². The topological polar surface area (TPSA) is 79.3 Å². The molecule has 0 radical (unpaired) electrons. The number of aliphatic carboxylic acids is 1. The first kappa shape index (κ1) is 13.0. The molecule has 5 heteroatoms. The van der Waals surface area contributed by atoms with Crippen LogP contribution >= 0.6 is 0 Å². The average Bonchev–Trinajstić information content (AvgIpc) is 2.37. The largest absolute Gasteiger partial charge is 0.480 e. The van der Waals surface area contributed by atoms with E-state index in [2.05, 4.69) is 10.3 Å². The van der Waals surface area contributed by atoms with Crippen molar-refractivity contribution in [3.63, 3.8) is 0 Å². The Morgan fingerprint density at radius 3 is 2.68 bits per heavy atom. The van der Waals surface area contributed by atoms with E-state index in [0.717, 1.165) is 10.9 Å². The number of para-hydroxylation sites is 1. The molecule has 2 N–H and O–H groups in total. The van der Waals surface area contributed by atoms with Crippen molar-refractivity contribution in [1.82, 2.24) is 10.3 Å². The summed E-state index contributed by atoms with van der Waals surface area (Å²) in [4.78, 5) is 26.4. The van der Waals surface area contributed by atoms with Crippen molar-refractivity contribution in [1.29, 1.82) is 0 Å². The van der Waals surface area contributed by atoms with E-state index in [1.165, 1.54) is 6.92 Å². The first-order valence-corrected chi connectivity index (χ1v) is 5.91. The predicted molar refractivity (Wildman–Crippen MR) is 70.7 cm³/mol. The van der Waals surface area contributed by atoms with E-state index in [1.54, 1.807) is 6.07 Å². The Balaban J connectivity index is 2.23. The van der Waals surface area contributed by atoms with Gasteiger partial charge in [-0.1, -0.05) is 24.3 Å². The number of carbonyl (C=O) groups is 2. The number of benzene rings is 1. The summed E-state index contributed by atoms with van der Waals surface area (Å²) >= 11 is 0. The number of nitrogens with one attached hydrogen (secondary N) is 1. The van der Waals surface area contributed by atoms with E-state index in [1.807, 2.05) is 30.3 Å². The number of amides is 1. The van der Waals surface area contributed by atoms with Gasteiger partial charge in [-0.15, -0.1) is 0 Å². The maximum atomic E-state index is 11.1. The Labute approximate surface area is 110 Å². The number of pyridine rings is 1. The Bertz CT molecular complexity index is 625. The number of carboxylic acid groups (broad SMARTS) is 1. The van der Waals surface area contributed by atoms with Gasteiger partial charge >= 0.3 is 5.97 Å². The molecule has 2 aromatic rings. The van der Waals surface area contributed by atoms with Crippen LogP contribution in [0.2, 0.25) is 0 Å². The fraction of sp³-hybridized carbons (Fsp3) is 0.214. The fourth-order valence-electron chi connectivity index (χ4n) is 1.88. The molecule has 0 saturated carbocycles. The molecule has 0 aliphatic heterocycles. The lowest BCUT2D eigenvalue weighted by molar-refractivity contribution is -0.141. The van der Waals surface area contributed by atoms with E-state index in [9.17, 15) is 9.59 Å². The molecule has 2 rings (SSSR count). The van der Waals surface area contributed by atoms with Crippen LogP contribution in [0.4, 0.5) is 0 Å². The summed E-state index contributed by atoms with van der Waals surface area (Å²) in [6.07, 6.45) is 0.166. The zero-order chi connectivity index (χ0) is 13.8. The molecule has 0 saturated heterocycles. The van der Waals surface area contributed by atoms with Crippen LogP contribution < -0.4 is 5.32 Å². The van der Waals surface area contributed by atoms with Gasteiger partial charge in [-0.05, 0) is 12.1 Å². The van der Waals surface area contributed by atoms with Crippen LogP contribution in [-0.2, 0) is 16.0 Å². The molecule has 1 atom stereocenters. The molecular formula is C14H14N2O3. The van der Waals surface area contributed by atoms with Crippen LogP contribution in [0.1, 0.15) is 12.6 Å². The summed E-state index contributed by atoms with van der Waals surface area (Å²) in [5.41, 5.74) is 1.45. The molecule has 5 nitrogen and oxygen atoms in total. The molecule has 0 aliphatic rings. The average molecular weight is 258 g/mol. The third kappa shape index (κ3) is 3.28.